The van der Waals surface area contributed by atoms with Crippen molar-refractivity contribution >= 4 is 17.4 Å². The van der Waals surface area contributed by atoms with Crippen molar-refractivity contribution in [3.8, 4) is 0 Å². The van der Waals surface area contributed by atoms with Crippen LogP contribution in [0.5, 0.6) is 0 Å². The SMILES string of the molecule is CC(C)c1nnsc1C(=O)N1CCC(C(C)N)CC1. The molecule has 5 nitrogen and oxygen atoms in total. The van der Waals surface area contributed by atoms with Crippen LogP contribution in [0.4, 0.5) is 0 Å². The van der Waals surface area contributed by atoms with Crippen LogP contribution in [-0.2, 0) is 0 Å². The molecule has 0 aliphatic carbocycles. The molecular weight excluding hydrogens is 260 g/mol. The highest BCUT2D eigenvalue weighted by molar-refractivity contribution is 7.08. The number of piperidine rings is 1. The summed E-state index contributed by atoms with van der Waals surface area (Å²) in [4.78, 5) is 15.1. The molecule has 1 fully saturated rings. The molecule has 1 aliphatic heterocycles. The lowest BCUT2D eigenvalue weighted by atomic mass is 9.91. The van der Waals surface area contributed by atoms with Crippen molar-refractivity contribution in [1.82, 2.24) is 14.5 Å². The molecular formula is C13H22N4OS. The summed E-state index contributed by atoms with van der Waals surface area (Å²) in [5.41, 5.74) is 6.75. The van der Waals surface area contributed by atoms with Gasteiger partial charge in [-0.05, 0) is 43.1 Å². The van der Waals surface area contributed by atoms with E-state index in [4.69, 9.17) is 5.73 Å². The number of nitrogens with two attached hydrogens (primary N) is 1. The minimum absolute atomic E-state index is 0.0850. The number of rotatable bonds is 3. The van der Waals surface area contributed by atoms with Gasteiger partial charge in [-0.15, -0.1) is 5.10 Å². The second kappa shape index (κ2) is 5.96. The maximum absolute atomic E-state index is 12.5. The van der Waals surface area contributed by atoms with Crippen molar-refractivity contribution < 1.29 is 4.79 Å². The van der Waals surface area contributed by atoms with Crippen LogP contribution in [0.1, 0.15) is 54.9 Å². The largest absolute Gasteiger partial charge is 0.338 e. The predicted molar refractivity (Wildman–Crippen MR) is 76.3 cm³/mol. The Bertz CT molecular complexity index is 436. The zero-order valence-corrected chi connectivity index (χ0v) is 12.6. The van der Waals surface area contributed by atoms with Gasteiger partial charge in [-0.3, -0.25) is 4.79 Å². The van der Waals surface area contributed by atoms with Gasteiger partial charge < -0.3 is 10.6 Å². The second-order valence-electron chi connectivity index (χ2n) is 5.63. The van der Waals surface area contributed by atoms with Crippen molar-refractivity contribution in [2.45, 2.75) is 45.6 Å². The quantitative estimate of drug-likeness (QED) is 0.918. The minimum Gasteiger partial charge on any atom is -0.338 e. The van der Waals surface area contributed by atoms with Crippen LogP contribution in [0.15, 0.2) is 0 Å². The first-order chi connectivity index (χ1) is 9.00. The first kappa shape index (κ1) is 14.4. The Labute approximate surface area is 118 Å². The van der Waals surface area contributed by atoms with Crippen molar-refractivity contribution in [3.05, 3.63) is 10.6 Å². The van der Waals surface area contributed by atoms with Gasteiger partial charge >= 0.3 is 0 Å². The fraction of sp³-hybridized carbons (Fsp3) is 0.769. The third kappa shape index (κ3) is 3.12. The molecule has 1 atom stereocenters. The van der Waals surface area contributed by atoms with Crippen molar-refractivity contribution in [2.24, 2.45) is 11.7 Å². The molecule has 0 aromatic carbocycles. The van der Waals surface area contributed by atoms with Crippen LogP contribution in [0.25, 0.3) is 0 Å². The molecule has 2 heterocycles. The standard InChI is InChI=1S/C13H22N4OS/c1-8(2)11-12(19-16-15-11)13(18)17-6-4-10(5-7-17)9(3)14/h8-10H,4-7,14H2,1-3H3. The smallest absolute Gasteiger partial charge is 0.267 e. The van der Waals surface area contributed by atoms with Crippen molar-refractivity contribution in [3.63, 3.8) is 0 Å². The van der Waals surface area contributed by atoms with Crippen LogP contribution in [0, 0.1) is 5.92 Å². The molecule has 0 saturated carbocycles. The van der Waals surface area contributed by atoms with Gasteiger partial charge in [0.1, 0.15) is 4.88 Å². The van der Waals surface area contributed by atoms with Crippen LogP contribution < -0.4 is 5.73 Å². The summed E-state index contributed by atoms with van der Waals surface area (Å²) in [6.07, 6.45) is 1.99. The monoisotopic (exact) mass is 282 g/mol. The number of amides is 1. The second-order valence-corrected chi connectivity index (χ2v) is 6.38. The van der Waals surface area contributed by atoms with Crippen LogP contribution in [-0.4, -0.2) is 39.5 Å². The predicted octanol–water partition coefficient (Wildman–Crippen LogP) is 1.86. The molecule has 1 aromatic rings. The van der Waals surface area contributed by atoms with E-state index in [0.29, 0.717) is 10.8 Å². The molecule has 1 unspecified atom stereocenters. The highest BCUT2D eigenvalue weighted by Gasteiger charge is 2.28. The summed E-state index contributed by atoms with van der Waals surface area (Å²) in [5, 5.41) is 4.08. The molecule has 1 aliphatic rings. The Kier molecular flexibility index (Phi) is 4.52. The third-order valence-corrected chi connectivity index (χ3v) is 4.55. The molecule has 0 spiro atoms. The van der Waals surface area contributed by atoms with E-state index >= 15 is 0 Å². The van der Waals surface area contributed by atoms with Gasteiger partial charge in [0.2, 0.25) is 0 Å². The summed E-state index contributed by atoms with van der Waals surface area (Å²) in [6, 6.07) is 0.216. The Morgan fingerprint density at radius 1 is 1.37 bits per heavy atom. The molecule has 19 heavy (non-hydrogen) atoms. The van der Waals surface area contributed by atoms with E-state index < -0.39 is 0 Å². The number of nitrogens with zero attached hydrogens (tertiary/aromatic N) is 3. The number of carbonyl (C=O) groups excluding carboxylic acids is 1. The number of likely N-dealkylation sites (tertiary alicyclic amines) is 1. The minimum atomic E-state index is 0.0850. The van der Waals surface area contributed by atoms with Gasteiger partial charge in [-0.1, -0.05) is 18.3 Å². The van der Waals surface area contributed by atoms with Gasteiger partial charge in [0.15, 0.2) is 0 Å². The lowest BCUT2D eigenvalue weighted by Gasteiger charge is -2.33. The first-order valence-electron chi connectivity index (χ1n) is 6.87. The summed E-state index contributed by atoms with van der Waals surface area (Å²) < 4.78 is 3.93. The van der Waals surface area contributed by atoms with E-state index in [1.807, 2.05) is 25.7 Å². The summed E-state index contributed by atoms with van der Waals surface area (Å²) >= 11 is 1.21. The molecule has 6 heteroatoms. The number of aromatic nitrogens is 2. The Morgan fingerprint density at radius 2 is 2.00 bits per heavy atom. The number of carbonyl (C=O) groups is 1. The molecule has 1 amide bonds. The van der Waals surface area contributed by atoms with E-state index in [-0.39, 0.29) is 17.9 Å². The summed E-state index contributed by atoms with van der Waals surface area (Å²) in [5.74, 6) is 0.856. The molecule has 0 bridgehead atoms. The van der Waals surface area contributed by atoms with E-state index in [1.54, 1.807) is 0 Å². The Hall–Kier alpha value is -1.01. The van der Waals surface area contributed by atoms with Gasteiger partial charge in [0.25, 0.3) is 5.91 Å². The average molecular weight is 282 g/mol. The number of hydrogen-bond donors (Lipinski definition) is 1. The van der Waals surface area contributed by atoms with Crippen molar-refractivity contribution in [2.75, 3.05) is 13.1 Å². The van der Waals surface area contributed by atoms with E-state index in [0.717, 1.165) is 31.6 Å². The Morgan fingerprint density at radius 3 is 2.53 bits per heavy atom. The zero-order chi connectivity index (χ0) is 14.0. The van der Waals surface area contributed by atoms with Gasteiger partial charge in [0.05, 0.1) is 5.69 Å². The maximum Gasteiger partial charge on any atom is 0.267 e. The van der Waals surface area contributed by atoms with Gasteiger partial charge in [0, 0.05) is 19.1 Å². The first-order valence-corrected chi connectivity index (χ1v) is 7.65. The van der Waals surface area contributed by atoms with Crippen LogP contribution >= 0.6 is 11.5 Å². The lowest BCUT2D eigenvalue weighted by Crippen LogP contribution is -2.42. The zero-order valence-electron chi connectivity index (χ0n) is 11.8. The fourth-order valence-corrected chi connectivity index (χ4v) is 3.28. The third-order valence-electron chi connectivity index (χ3n) is 3.82. The Balaban J connectivity index is 2.03. The van der Waals surface area contributed by atoms with Gasteiger partial charge in [-0.25, -0.2) is 0 Å². The highest BCUT2D eigenvalue weighted by atomic mass is 32.1. The average Bonchev–Trinajstić information content (AvgIpc) is 2.87. The lowest BCUT2D eigenvalue weighted by molar-refractivity contribution is 0.0684. The summed E-state index contributed by atoms with van der Waals surface area (Å²) in [6.45, 7) is 7.71. The van der Waals surface area contributed by atoms with E-state index in [1.165, 1.54) is 11.5 Å². The molecule has 2 N–H and O–H groups in total. The molecule has 1 saturated heterocycles. The van der Waals surface area contributed by atoms with E-state index in [9.17, 15) is 4.79 Å². The summed E-state index contributed by atoms with van der Waals surface area (Å²) in [7, 11) is 0. The topological polar surface area (TPSA) is 72.1 Å². The maximum atomic E-state index is 12.5. The molecule has 0 radical (unpaired) electrons. The molecule has 1 aromatic heterocycles. The van der Waals surface area contributed by atoms with Crippen molar-refractivity contribution in [1.29, 1.82) is 0 Å². The fourth-order valence-electron chi connectivity index (χ4n) is 2.50. The highest BCUT2D eigenvalue weighted by Crippen LogP contribution is 2.25. The number of hydrogen-bond acceptors (Lipinski definition) is 5. The molecule has 106 valence electrons. The van der Waals surface area contributed by atoms with Crippen LogP contribution in [0.3, 0.4) is 0 Å². The normalized spacial score (nSPS) is 18.9. The molecule has 2 rings (SSSR count). The van der Waals surface area contributed by atoms with Gasteiger partial charge in [-0.2, -0.15) is 0 Å². The van der Waals surface area contributed by atoms with Crippen LogP contribution in [0.2, 0.25) is 0 Å². The van der Waals surface area contributed by atoms with E-state index in [2.05, 4.69) is 9.59 Å².